The molecule has 2 aromatic rings. The molecule has 0 aliphatic heterocycles. The lowest BCUT2D eigenvalue weighted by atomic mass is 10.2. The third-order valence-corrected chi connectivity index (χ3v) is 3.44. The quantitative estimate of drug-likeness (QED) is 0.762. The minimum Gasteiger partial charge on any atom is -0.322 e. The Balaban J connectivity index is 2.03. The van der Waals surface area contributed by atoms with E-state index in [1.54, 1.807) is 36.4 Å². The third-order valence-electron chi connectivity index (χ3n) is 2.46. The van der Waals surface area contributed by atoms with Gasteiger partial charge in [-0.3, -0.25) is 4.79 Å². The Labute approximate surface area is 132 Å². The third kappa shape index (κ3) is 4.27. The average Bonchev–Trinajstić information content (AvgIpc) is 2.41. The number of benzene rings is 2. The highest BCUT2D eigenvalue weighted by Crippen LogP contribution is 2.25. The Morgan fingerprint density at radius 2 is 1.80 bits per heavy atom. The zero-order valence-corrected chi connectivity index (χ0v) is 12.5. The zero-order chi connectivity index (χ0) is 14.5. The van der Waals surface area contributed by atoms with Gasteiger partial charge in [-0.2, -0.15) is 0 Å². The van der Waals surface area contributed by atoms with Crippen LogP contribution in [-0.2, 0) is 4.79 Å². The van der Waals surface area contributed by atoms with E-state index in [4.69, 9.17) is 34.8 Å². The maximum atomic E-state index is 11.8. The van der Waals surface area contributed by atoms with Crippen LogP contribution in [0.4, 0.5) is 5.69 Å². The summed E-state index contributed by atoms with van der Waals surface area (Å²) in [4.78, 5) is 11.8. The smallest absolute Gasteiger partial charge is 0.248 e. The number of anilines is 1. The summed E-state index contributed by atoms with van der Waals surface area (Å²) in [6, 6.07) is 12.1. The lowest BCUT2D eigenvalue weighted by Crippen LogP contribution is -2.07. The predicted octanol–water partition coefficient (Wildman–Crippen LogP) is 5.30. The molecule has 2 aromatic carbocycles. The number of hydrogen-bond acceptors (Lipinski definition) is 1. The van der Waals surface area contributed by atoms with E-state index in [2.05, 4.69) is 5.32 Å². The van der Waals surface area contributed by atoms with E-state index in [0.717, 1.165) is 5.56 Å². The Hall–Kier alpha value is -1.48. The maximum Gasteiger partial charge on any atom is 0.248 e. The van der Waals surface area contributed by atoms with Gasteiger partial charge in [-0.25, -0.2) is 0 Å². The first-order valence-electron chi connectivity index (χ1n) is 5.74. The van der Waals surface area contributed by atoms with Crippen molar-refractivity contribution in [1.29, 1.82) is 0 Å². The van der Waals surface area contributed by atoms with E-state index in [1.165, 1.54) is 6.08 Å². The fourth-order valence-corrected chi connectivity index (χ4v) is 2.04. The normalized spacial score (nSPS) is 10.8. The molecule has 0 aromatic heterocycles. The first-order valence-corrected chi connectivity index (χ1v) is 6.88. The summed E-state index contributed by atoms with van der Waals surface area (Å²) in [5.74, 6) is -0.261. The monoisotopic (exact) mass is 325 g/mol. The van der Waals surface area contributed by atoms with Crippen LogP contribution in [0.15, 0.2) is 48.5 Å². The predicted molar refractivity (Wildman–Crippen MR) is 85.6 cm³/mol. The maximum absolute atomic E-state index is 11.8. The molecule has 1 amide bonds. The molecule has 0 bridgehead atoms. The summed E-state index contributed by atoms with van der Waals surface area (Å²) >= 11 is 17.5. The van der Waals surface area contributed by atoms with E-state index < -0.39 is 0 Å². The van der Waals surface area contributed by atoms with Crippen LogP contribution >= 0.6 is 34.8 Å². The van der Waals surface area contributed by atoms with Crippen molar-refractivity contribution in [2.75, 3.05) is 5.32 Å². The van der Waals surface area contributed by atoms with E-state index in [0.29, 0.717) is 20.8 Å². The van der Waals surface area contributed by atoms with E-state index in [9.17, 15) is 4.79 Å². The van der Waals surface area contributed by atoms with E-state index in [1.807, 2.05) is 12.1 Å². The second kappa shape index (κ2) is 6.80. The fraction of sp³-hybridized carbons (Fsp3) is 0. The van der Waals surface area contributed by atoms with Crippen LogP contribution in [-0.4, -0.2) is 5.91 Å². The number of halogens is 3. The van der Waals surface area contributed by atoms with Gasteiger partial charge in [0.1, 0.15) is 0 Å². The summed E-state index contributed by atoms with van der Waals surface area (Å²) in [5, 5.41) is 4.15. The molecule has 5 heteroatoms. The van der Waals surface area contributed by atoms with E-state index >= 15 is 0 Å². The zero-order valence-electron chi connectivity index (χ0n) is 10.2. The number of carbonyl (C=O) groups is 1. The summed E-state index contributed by atoms with van der Waals surface area (Å²) in [5.41, 5.74) is 1.43. The van der Waals surface area contributed by atoms with Crippen LogP contribution in [0.3, 0.4) is 0 Å². The molecular formula is C15H10Cl3NO. The van der Waals surface area contributed by atoms with Crippen LogP contribution in [0.25, 0.3) is 6.08 Å². The van der Waals surface area contributed by atoms with Gasteiger partial charge in [0.05, 0.1) is 10.0 Å². The van der Waals surface area contributed by atoms with Crippen molar-refractivity contribution in [3.8, 4) is 0 Å². The molecular weight excluding hydrogens is 317 g/mol. The molecule has 0 aliphatic carbocycles. The first kappa shape index (κ1) is 14.9. The number of nitrogens with one attached hydrogen (secondary N) is 1. The highest BCUT2D eigenvalue weighted by Gasteiger charge is 2.01. The van der Waals surface area contributed by atoms with E-state index in [-0.39, 0.29) is 5.91 Å². The van der Waals surface area contributed by atoms with Gasteiger partial charge in [-0.05, 0) is 42.0 Å². The van der Waals surface area contributed by atoms with Gasteiger partial charge in [-0.1, -0.05) is 46.9 Å². The fourth-order valence-electron chi connectivity index (χ4n) is 1.54. The molecule has 0 aliphatic rings. The molecule has 0 saturated carbocycles. The average molecular weight is 327 g/mol. The van der Waals surface area contributed by atoms with Crippen LogP contribution in [0.2, 0.25) is 15.1 Å². The molecule has 0 saturated heterocycles. The van der Waals surface area contributed by atoms with Crippen LogP contribution in [0, 0.1) is 0 Å². The number of carbonyl (C=O) groups excluding carboxylic acids is 1. The summed E-state index contributed by atoms with van der Waals surface area (Å²) in [6.07, 6.45) is 3.10. The second-order valence-corrected chi connectivity index (χ2v) is 5.26. The molecule has 1 N–H and O–H groups in total. The molecule has 0 radical (unpaired) electrons. The lowest BCUT2D eigenvalue weighted by molar-refractivity contribution is -0.111. The van der Waals surface area contributed by atoms with Gasteiger partial charge in [-0.15, -0.1) is 0 Å². The number of amides is 1. The Morgan fingerprint density at radius 1 is 1.00 bits per heavy atom. The molecule has 0 atom stereocenters. The van der Waals surface area contributed by atoms with Crippen molar-refractivity contribution in [2.45, 2.75) is 0 Å². The lowest BCUT2D eigenvalue weighted by Gasteiger charge is -2.03. The largest absolute Gasteiger partial charge is 0.322 e. The molecule has 2 rings (SSSR count). The van der Waals surface area contributed by atoms with Crippen LogP contribution < -0.4 is 5.32 Å². The number of rotatable bonds is 3. The van der Waals surface area contributed by atoms with Crippen molar-refractivity contribution in [3.05, 3.63) is 69.2 Å². The first-order chi connectivity index (χ1) is 9.54. The topological polar surface area (TPSA) is 29.1 Å². The van der Waals surface area contributed by atoms with Crippen molar-refractivity contribution >= 4 is 52.5 Å². The molecule has 102 valence electrons. The van der Waals surface area contributed by atoms with Crippen molar-refractivity contribution < 1.29 is 4.79 Å². The Morgan fingerprint density at radius 3 is 2.50 bits per heavy atom. The second-order valence-electron chi connectivity index (χ2n) is 4.01. The minimum atomic E-state index is -0.261. The molecule has 0 fully saturated rings. The molecule has 0 unspecified atom stereocenters. The van der Waals surface area contributed by atoms with Crippen molar-refractivity contribution in [2.24, 2.45) is 0 Å². The molecule has 0 spiro atoms. The molecule has 0 heterocycles. The van der Waals surface area contributed by atoms with Crippen LogP contribution in [0.1, 0.15) is 5.56 Å². The van der Waals surface area contributed by atoms with Crippen molar-refractivity contribution in [1.82, 2.24) is 0 Å². The highest BCUT2D eigenvalue weighted by molar-refractivity contribution is 6.42. The van der Waals surface area contributed by atoms with Gasteiger partial charge in [0.2, 0.25) is 5.91 Å². The van der Waals surface area contributed by atoms with Gasteiger partial charge in [0.15, 0.2) is 0 Å². The van der Waals surface area contributed by atoms with Crippen LogP contribution in [0.5, 0.6) is 0 Å². The summed E-state index contributed by atoms with van der Waals surface area (Å²) in [6.45, 7) is 0. The highest BCUT2D eigenvalue weighted by atomic mass is 35.5. The van der Waals surface area contributed by atoms with Gasteiger partial charge in [0, 0.05) is 16.8 Å². The Bertz CT molecular complexity index is 668. The number of hydrogen-bond donors (Lipinski definition) is 1. The molecule has 20 heavy (non-hydrogen) atoms. The summed E-state index contributed by atoms with van der Waals surface area (Å²) < 4.78 is 0. The van der Waals surface area contributed by atoms with Gasteiger partial charge in [0.25, 0.3) is 0 Å². The van der Waals surface area contributed by atoms with Gasteiger partial charge < -0.3 is 5.32 Å². The van der Waals surface area contributed by atoms with Crippen molar-refractivity contribution in [3.63, 3.8) is 0 Å². The standard InChI is InChI=1S/C15H10Cl3NO/c16-11-3-1-2-10(8-11)4-7-15(20)19-12-5-6-13(17)14(18)9-12/h1-9H,(H,19,20). The Kier molecular flexibility index (Phi) is 5.07. The SMILES string of the molecule is O=C(C=Cc1cccc(Cl)c1)Nc1ccc(Cl)c(Cl)c1. The minimum absolute atomic E-state index is 0.261. The summed E-state index contributed by atoms with van der Waals surface area (Å²) in [7, 11) is 0. The molecule has 2 nitrogen and oxygen atoms in total. The van der Waals surface area contributed by atoms with Gasteiger partial charge >= 0.3 is 0 Å².